The molecular weight excluding hydrogens is 303 g/mol. The predicted molar refractivity (Wildman–Crippen MR) is 79.8 cm³/mol. The lowest BCUT2D eigenvalue weighted by Gasteiger charge is -2.33. The van der Waals surface area contributed by atoms with E-state index in [1.807, 2.05) is 0 Å². The highest BCUT2D eigenvalue weighted by atomic mass is 35.5. The van der Waals surface area contributed by atoms with E-state index in [9.17, 15) is 10.1 Å². The first-order chi connectivity index (χ1) is 9.41. The summed E-state index contributed by atoms with van der Waals surface area (Å²) in [5.41, 5.74) is 0.408. The molecule has 2 rings (SSSR count). The van der Waals surface area contributed by atoms with Gasteiger partial charge in [0.1, 0.15) is 5.69 Å². The van der Waals surface area contributed by atoms with Gasteiger partial charge in [0.2, 0.25) is 0 Å². The summed E-state index contributed by atoms with van der Waals surface area (Å²) in [5.74, 6) is 0. The Morgan fingerprint density at radius 1 is 1.35 bits per heavy atom. The Hall–Kier alpha value is -1.04. The van der Waals surface area contributed by atoms with Gasteiger partial charge in [-0.15, -0.1) is 0 Å². The van der Waals surface area contributed by atoms with Crippen LogP contribution in [-0.4, -0.2) is 24.7 Å². The lowest BCUT2D eigenvalue weighted by atomic mass is 9.82. The molecule has 0 aliphatic carbocycles. The van der Waals surface area contributed by atoms with Crippen molar-refractivity contribution in [3.63, 3.8) is 0 Å². The van der Waals surface area contributed by atoms with Gasteiger partial charge in [0.05, 0.1) is 15.0 Å². The summed E-state index contributed by atoms with van der Waals surface area (Å²) in [5, 5.41) is 14.7. The van der Waals surface area contributed by atoms with Gasteiger partial charge in [0.15, 0.2) is 0 Å². The van der Waals surface area contributed by atoms with Gasteiger partial charge in [-0.1, -0.05) is 30.1 Å². The molecule has 1 fully saturated rings. The Labute approximate surface area is 127 Å². The van der Waals surface area contributed by atoms with Crippen LogP contribution in [0.3, 0.4) is 0 Å². The van der Waals surface area contributed by atoms with E-state index >= 15 is 0 Å². The van der Waals surface area contributed by atoms with Crippen molar-refractivity contribution in [3.05, 3.63) is 32.3 Å². The Balaban J connectivity index is 2.16. The molecule has 110 valence electrons. The zero-order valence-corrected chi connectivity index (χ0v) is 12.6. The molecule has 7 heteroatoms. The minimum Gasteiger partial charge on any atom is -0.381 e. The Morgan fingerprint density at radius 2 is 1.95 bits per heavy atom. The Kier molecular flexibility index (Phi) is 4.73. The molecule has 20 heavy (non-hydrogen) atoms. The minimum atomic E-state index is -0.461. The zero-order valence-electron chi connectivity index (χ0n) is 11.1. The van der Waals surface area contributed by atoms with Gasteiger partial charge in [0.25, 0.3) is 5.69 Å². The van der Waals surface area contributed by atoms with Crippen molar-refractivity contribution in [2.24, 2.45) is 5.41 Å². The van der Waals surface area contributed by atoms with Crippen LogP contribution in [0.5, 0.6) is 0 Å². The average Bonchev–Trinajstić information content (AvgIpc) is 2.40. The fourth-order valence-corrected chi connectivity index (χ4v) is 2.50. The summed E-state index contributed by atoms with van der Waals surface area (Å²) in [7, 11) is 0. The van der Waals surface area contributed by atoms with Crippen molar-refractivity contribution in [1.29, 1.82) is 0 Å². The molecule has 1 heterocycles. The van der Waals surface area contributed by atoms with Crippen molar-refractivity contribution >= 4 is 34.6 Å². The number of benzene rings is 1. The predicted octanol–water partition coefficient (Wildman–Crippen LogP) is 4.13. The van der Waals surface area contributed by atoms with Crippen LogP contribution in [0, 0.1) is 15.5 Å². The summed E-state index contributed by atoms with van der Waals surface area (Å²) in [6.45, 7) is 4.23. The molecule has 0 atom stereocenters. The summed E-state index contributed by atoms with van der Waals surface area (Å²) in [4.78, 5) is 10.6. The highest BCUT2D eigenvalue weighted by Gasteiger charge is 2.28. The maximum Gasteiger partial charge on any atom is 0.293 e. The number of nitro groups is 1. The number of nitro benzene ring substituents is 1. The topological polar surface area (TPSA) is 64.4 Å². The Morgan fingerprint density at radius 3 is 2.55 bits per heavy atom. The van der Waals surface area contributed by atoms with Crippen molar-refractivity contribution in [2.75, 3.05) is 25.1 Å². The molecule has 1 aromatic carbocycles. The molecule has 0 bridgehead atoms. The maximum atomic E-state index is 11.1. The molecule has 1 aliphatic heterocycles. The number of nitrogens with zero attached hydrogens (tertiary/aromatic N) is 1. The first-order valence-corrected chi connectivity index (χ1v) is 7.12. The quantitative estimate of drug-likeness (QED) is 0.669. The van der Waals surface area contributed by atoms with Crippen molar-refractivity contribution in [2.45, 2.75) is 19.8 Å². The molecule has 1 saturated heterocycles. The van der Waals surface area contributed by atoms with E-state index in [2.05, 4.69) is 12.2 Å². The molecule has 0 saturated carbocycles. The van der Waals surface area contributed by atoms with E-state index in [4.69, 9.17) is 27.9 Å². The highest BCUT2D eigenvalue weighted by molar-refractivity contribution is 6.42. The van der Waals surface area contributed by atoms with Crippen LogP contribution in [0.1, 0.15) is 19.8 Å². The molecule has 5 nitrogen and oxygen atoms in total. The van der Waals surface area contributed by atoms with Gasteiger partial charge in [0, 0.05) is 25.8 Å². The van der Waals surface area contributed by atoms with Crippen LogP contribution in [0.15, 0.2) is 12.1 Å². The second kappa shape index (κ2) is 6.16. The van der Waals surface area contributed by atoms with Crippen LogP contribution in [0.4, 0.5) is 11.4 Å². The van der Waals surface area contributed by atoms with E-state index in [0.717, 1.165) is 26.1 Å². The van der Waals surface area contributed by atoms with Crippen molar-refractivity contribution < 1.29 is 9.66 Å². The normalized spacial score (nSPS) is 17.8. The molecule has 0 amide bonds. The van der Waals surface area contributed by atoms with Crippen LogP contribution >= 0.6 is 23.2 Å². The molecular formula is C13H16Cl2N2O3. The third-order valence-electron chi connectivity index (χ3n) is 3.64. The lowest BCUT2D eigenvalue weighted by Crippen LogP contribution is -2.33. The Bertz CT molecular complexity index is 517. The van der Waals surface area contributed by atoms with E-state index in [0.29, 0.717) is 17.3 Å². The zero-order chi connectivity index (χ0) is 14.8. The first kappa shape index (κ1) is 15.4. The average molecular weight is 319 g/mol. The molecule has 0 radical (unpaired) electrons. The highest BCUT2D eigenvalue weighted by Crippen LogP contribution is 2.36. The van der Waals surface area contributed by atoms with Crippen molar-refractivity contribution in [3.8, 4) is 0 Å². The molecule has 1 aromatic rings. The molecule has 0 spiro atoms. The number of halogens is 2. The fourth-order valence-electron chi connectivity index (χ4n) is 2.18. The van der Waals surface area contributed by atoms with Gasteiger partial charge in [-0.2, -0.15) is 0 Å². The summed E-state index contributed by atoms with van der Waals surface area (Å²) < 4.78 is 5.34. The van der Waals surface area contributed by atoms with Gasteiger partial charge in [-0.05, 0) is 24.3 Å². The molecule has 1 N–H and O–H groups in total. The summed E-state index contributed by atoms with van der Waals surface area (Å²) in [6, 6.07) is 2.78. The third-order valence-corrected chi connectivity index (χ3v) is 4.36. The number of hydrogen-bond acceptors (Lipinski definition) is 4. The number of rotatable bonds is 4. The number of ether oxygens (including phenoxy) is 1. The van der Waals surface area contributed by atoms with Gasteiger partial charge in [-0.3, -0.25) is 10.1 Å². The van der Waals surface area contributed by atoms with E-state index in [1.54, 1.807) is 0 Å². The molecule has 0 unspecified atom stereocenters. The monoisotopic (exact) mass is 318 g/mol. The maximum absolute atomic E-state index is 11.1. The SMILES string of the molecule is CC1(CNc2cc(Cl)c(Cl)cc2[N+](=O)[O-])CCOCC1. The largest absolute Gasteiger partial charge is 0.381 e. The van der Waals surface area contributed by atoms with Crippen LogP contribution in [0.2, 0.25) is 10.0 Å². The van der Waals surface area contributed by atoms with Crippen LogP contribution in [0.25, 0.3) is 0 Å². The standard InChI is InChI=1S/C13H16Cl2N2O3/c1-13(2-4-20-5-3-13)8-16-11-6-9(14)10(15)7-12(11)17(18)19/h6-7,16H,2-5,8H2,1H3. The molecule has 0 aromatic heterocycles. The number of anilines is 1. The van der Waals surface area contributed by atoms with Crippen LogP contribution in [-0.2, 0) is 4.74 Å². The second-order valence-electron chi connectivity index (χ2n) is 5.32. The lowest BCUT2D eigenvalue weighted by molar-refractivity contribution is -0.383. The van der Waals surface area contributed by atoms with E-state index < -0.39 is 4.92 Å². The molecule has 1 aliphatic rings. The van der Waals surface area contributed by atoms with Crippen molar-refractivity contribution in [1.82, 2.24) is 0 Å². The minimum absolute atomic E-state index is 0.0601. The van der Waals surface area contributed by atoms with E-state index in [-0.39, 0.29) is 16.1 Å². The first-order valence-electron chi connectivity index (χ1n) is 6.36. The summed E-state index contributed by atoms with van der Waals surface area (Å²) in [6.07, 6.45) is 1.85. The van der Waals surface area contributed by atoms with E-state index in [1.165, 1.54) is 12.1 Å². The van der Waals surface area contributed by atoms with Crippen LogP contribution < -0.4 is 5.32 Å². The number of hydrogen-bond donors (Lipinski definition) is 1. The summed E-state index contributed by atoms with van der Waals surface area (Å²) >= 11 is 11.8. The number of nitrogens with one attached hydrogen (secondary N) is 1. The second-order valence-corrected chi connectivity index (χ2v) is 6.13. The van der Waals surface area contributed by atoms with Gasteiger partial charge < -0.3 is 10.1 Å². The fraction of sp³-hybridized carbons (Fsp3) is 0.538. The van der Waals surface area contributed by atoms with Gasteiger partial charge >= 0.3 is 0 Å². The third kappa shape index (κ3) is 3.53. The smallest absolute Gasteiger partial charge is 0.293 e. The van der Waals surface area contributed by atoms with Gasteiger partial charge in [-0.25, -0.2) is 0 Å².